The molecular formula is C66H54N6S3. The van der Waals surface area contributed by atoms with Gasteiger partial charge in [-0.1, -0.05) is 115 Å². The highest BCUT2D eigenvalue weighted by Crippen LogP contribution is 2.66. The fourth-order valence-corrected chi connectivity index (χ4v) is 14.6. The lowest BCUT2D eigenvalue weighted by atomic mass is 9.82. The van der Waals surface area contributed by atoms with Gasteiger partial charge in [-0.15, -0.1) is 34.0 Å². The number of rotatable bonds is 18. The van der Waals surface area contributed by atoms with Crippen LogP contribution in [-0.2, 0) is 19.3 Å². The number of nitrogens with zero attached hydrogens (tertiary/aromatic N) is 6. The van der Waals surface area contributed by atoms with E-state index in [1.54, 1.807) is 34.0 Å². The highest BCUT2D eigenvalue weighted by atomic mass is 32.1. The van der Waals surface area contributed by atoms with E-state index in [-0.39, 0.29) is 16.7 Å². The van der Waals surface area contributed by atoms with Crippen molar-refractivity contribution in [3.63, 3.8) is 0 Å². The minimum atomic E-state index is -0.0791. The lowest BCUT2D eigenvalue weighted by Gasteiger charge is -2.19. The van der Waals surface area contributed by atoms with E-state index in [1.165, 1.54) is 72.4 Å². The molecule has 0 N–H and O–H groups in total. The molecule has 0 bridgehead atoms. The molecule has 3 heterocycles. The van der Waals surface area contributed by atoms with Crippen molar-refractivity contribution in [1.82, 2.24) is 0 Å². The number of unbranched alkanes of at least 4 members (excludes halogenated alkanes) is 9. The smallest absolute Gasteiger partial charge is 0.138 e. The molecular weight excluding hydrogens is 973 g/mol. The number of benzene rings is 4. The fourth-order valence-electron chi connectivity index (χ4n) is 11.4. The van der Waals surface area contributed by atoms with Crippen LogP contribution in [-0.4, -0.2) is 0 Å². The molecule has 0 amide bonds. The lowest BCUT2D eigenvalue weighted by Crippen LogP contribution is -1.99. The van der Waals surface area contributed by atoms with E-state index in [9.17, 15) is 31.6 Å². The summed E-state index contributed by atoms with van der Waals surface area (Å²) in [5.74, 6) is 0. The third kappa shape index (κ3) is 9.18. The zero-order valence-electron chi connectivity index (χ0n) is 42.7. The van der Waals surface area contributed by atoms with Crippen LogP contribution in [0.5, 0.6) is 0 Å². The molecule has 3 aromatic heterocycles. The maximum Gasteiger partial charge on any atom is 0.138 e. The molecule has 0 saturated carbocycles. The van der Waals surface area contributed by atoms with Crippen LogP contribution < -0.4 is 0 Å². The molecule has 3 aliphatic rings. The molecule has 10 rings (SSSR count). The van der Waals surface area contributed by atoms with Gasteiger partial charge in [-0.2, -0.15) is 31.6 Å². The molecule has 3 aliphatic carbocycles. The van der Waals surface area contributed by atoms with Gasteiger partial charge in [-0.25, -0.2) is 0 Å². The zero-order chi connectivity index (χ0) is 52.2. The van der Waals surface area contributed by atoms with E-state index in [4.69, 9.17) is 0 Å². The topological polar surface area (TPSA) is 143 Å². The maximum absolute atomic E-state index is 11.0. The van der Waals surface area contributed by atoms with Crippen LogP contribution in [0.25, 0.3) is 81.4 Å². The van der Waals surface area contributed by atoms with E-state index in [1.807, 2.05) is 18.2 Å². The first kappa shape index (κ1) is 50.7. The fraction of sp³-hybridized carbons (Fsp3) is 0.273. The minimum Gasteiger partial charge on any atom is -0.192 e. The van der Waals surface area contributed by atoms with Crippen LogP contribution in [0.15, 0.2) is 108 Å². The predicted molar refractivity (Wildman–Crippen MR) is 308 cm³/mol. The molecule has 0 atom stereocenters. The third-order valence-electron chi connectivity index (χ3n) is 15.0. The molecule has 75 heavy (non-hydrogen) atoms. The summed E-state index contributed by atoms with van der Waals surface area (Å²) in [4.78, 5) is 7.20. The largest absolute Gasteiger partial charge is 0.192 e. The van der Waals surface area contributed by atoms with Gasteiger partial charge in [0.25, 0.3) is 0 Å². The summed E-state index contributed by atoms with van der Waals surface area (Å²) in [5.41, 5.74) is 12.5. The molecule has 0 spiro atoms. The van der Waals surface area contributed by atoms with Crippen molar-refractivity contribution in [1.29, 1.82) is 31.6 Å². The first-order valence-electron chi connectivity index (χ1n) is 26.4. The first-order valence-corrected chi connectivity index (χ1v) is 28.9. The zero-order valence-corrected chi connectivity index (χ0v) is 45.1. The Kier molecular flexibility index (Phi) is 15.1. The van der Waals surface area contributed by atoms with Crippen molar-refractivity contribution in [3.8, 4) is 101 Å². The van der Waals surface area contributed by atoms with Crippen LogP contribution in [0.2, 0.25) is 0 Å². The van der Waals surface area contributed by atoms with Crippen molar-refractivity contribution in [2.45, 2.75) is 117 Å². The highest BCUT2D eigenvalue weighted by Gasteiger charge is 2.45. The van der Waals surface area contributed by atoms with E-state index in [0.717, 1.165) is 103 Å². The maximum atomic E-state index is 11.0. The van der Waals surface area contributed by atoms with Crippen LogP contribution in [0, 0.1) is 68.0 Å². The van der Waals surface area contributed by atoms with Crippen molar-refractivity contribution in [2.75, 3.05) is 0 Å². The van der Waals surface area contributed by atoms with Gasteiger partial charge in [-0.05, 0) is 160 Å². The van der Waals surface area contributed by atoms with Crippen molar-refractivity contribution in [2.24, 2.45) is 0 Å². The lowest BCUT2D eigenvalue weighted by molar-refractivity contribution is 0.670. The predicted octanol–water partition coefficient (Wildman–Crippen LogP) is 18.7. The van der Waals surface area contributed by atoms with Gasteiger partial charge in [0.1, 0.15) is 53.1 Å². The van der Waals surface area contributed by atoms with Gasteiger partial charge in [0.15, 0.2) is 0 Å². The Balaban J connectivity index is 1.30. The second-order valence-corrected chi connectivity index (χ2v) is 23.2. The van der Waals surface area contributed by atoms with Crippen LogP contribution in [0.1, 0.15) is 146 Å². The summed E-state index contributed by atoms with van der Waals surface area (Å²) < 4.78 is 0. The standard InChI is InChI=1S/C66H54N6S3/c1-4-7-10-13-16-46-22-28-55(73-46)40-19-25-49-52(31-40)61-64(58(49)43(34-67)35-68)62-54-33-42(57-30-24-48(75-57)18-15-12-9-6-3)21-27-51(54)60(45(38-71)39-72)66(62)63-53-32-41(56-29-23-47(74-56)17-14-11-8-5-2)20-26-50(53)59(65(61)63)44(36-69)37-70/h19-33H,4-18H2,1-3H3. The van der Waals surface area contributed by atoms with Gasteiger partial charge in [0.05, 0.1) is 0 Å². The minimum absolute atomic E-state index is 0.0791. The molecule has 366 valence electrons. The van der Waals surface area contributed by atoms with E-state index < -0.39 is 0 Å². The van der Waals surface area contributed by atoms with E-state index in [2.05, 4.69) is 130 Å². The SMILES string of the molecule is CCCCCCc1ccc(-c2ccc3c(c2)-c2c(c4c(c5c2C(=C(C#N)C#N)c2ccc(-c6ccc(CCCCCC)s6)cc2-5)C(=C(C#N)C#N)c2ccc(-c5ccc(CCCCCC)s5)cc2-4)C3=C(C#N)C#N)s1. The highest BCUT2D eigenvalue weighted by molar-refractivity contribution is 7.16. The Hall–Kier alpha value is -7.86. The number of allylic oxidation sites excluding steroid dienone is 3. The molecule has 6 nitrogen and oxygen atoms in total. The second-order valence-electron chi connectivity index (χ2n) is 19.7. The van der Waals surface area contributed by atoms with Crippen LogP contribution >= 0.6 is 34.0 Å². The molecule has 4 aromatic carbocycles. The molecule has 0 unspecified atom stereocenters. The Morgan fingerprint density at radius 2 is 0.600 bits per heavy atom. The summed E-state index contributed by atoms with van der Waals surface area (Å²) in [6, 6.07) is 45.4. The monoisotopic (exact) mass is 1030 g/mol. The van der Waals surface area contributed by atoms with Crippen molar-refractivity contribution < 1.29 is 0 Å². The number of hydrogen-bond donors (Lipinski definition) is 0. The van der Waals surface area contributed by atoms with Gasteiger partial charge in [0.2, 0.25) is 0 Å². The van der Waals surface area contributed by atoms with E-state index in [0.29, 0.717) is 50.1 Å². The summed E-state index contributed by atoms with van der Waals surface area (Å²) >= 11 is 5.31. The van der Waals surface area contributed by atoms with Crippen molar-refractivity contribution in [3.05, 3.63) is 156 Å². The normalized spacial score (nSPS) is 12.0. The molecule has 0 radical (unpaired) electrons. The Labute approximate surface area is 453 Å². The second kappa shape index (κ2) is 22.3. The summed E-state index contributed by atoms with van der Waals surface area (Å²) in [5, 5.41) is 65.8. The number of aryl methyl sites for hydroxylation is 3. The van der Waals surface area contributed by atoms with Crippen molar-refractivity contribution >= 4 is 50.7 Å². The summed E-state index contributed by atoms with van der Waals surface area (Å²) in [6.07, 6.45) is 17.1. The third-order valence-corrected chi connectivity index (χ3v) is 18.6. The summed E-state index contributed by atoms with van der Waals surface area (Å²) in [7, 11) is 0. The Bertz CT molecular complexity index is 3360. The van der Waals surface area contributed by atoms with Gasteiger partial charge < -0.3 is 0 Å². The Morgan fingerprint density at radius 3 is 0.853 bits per heavy atom. The average molecular weight is 1030 g/mol. The average Bonchev–Trinajstić information content (AvgIpc) is 4.41. The molecule has 9 heteroatoms. The molecule has 0 aliphatic heterocycles. The van der Waals surface area contributed by atoms with Crippen LogP contribution in [0.4, 0.5) is 0 Å². The quantitative estimate of drug-likeness (QED) is 0.0618. The molecule has 7 aromatic rings. The Morgan fingerprint density at radius 1 is 0.320 bits per heavy atom. The molecule has 0 fully saturated rings. The van der Waals surface area contributed by atoms with E-state index >= 15 is 0 Å². The molecule has 0 saturated heterocycles. The number of fused-ring (bicyclic) bond motifs is 12. The van der Waals surface area contributed by atoms with Gasteiger partial charge >= 0.3 is 0 Å². The number of thiophene rings is 3. The van der Waals surface area contributed by atoms with Crippen LogP contribution in [0.3, 0.4) is 0 Å². The van der Waals surface area contributed by atoms with Gasteiger partial charge in [0, 0.05) is 62.7 Å². The number of hydrogen-bond acceptors (Lipinski definition) is 9. The first-order chi connectivity index (χ1) is 36.8. The summed E-state index contributed by atoms with van der Waals surface area (Å²) in [6.45, 7) is 6.67. The number of nitriles is 6. The van der Waals surface area contributed by atoms with Gasteiger partial charge in [-0.3, -0.25) is 0 Å².